The number of amides is 1. The van der Waals surface area contributed by atoms with Crippen LogP contribution in [-0.2, 0) is 9.59 Å². The van der Waals surface area contributed by atoms with Gasteiger partial charge in [0.15, 0.2) is 6.61 Å². The smallest absolute Gasteiger partial charge is 0.341 e. The van der Waals surface area contributed by atoms with Gasteiger partial charge in [0.25, 0.3) is 0 Å². The maximum absolute atomic E-state index is 11.7. The number of aliphatic carboxylic acids is 1. The average Bonchev–Trinajstić information content (AvgIpc) is 2.35. The summed E-state index contributed by atoms with van der Waals surface area (Å²) in [7, 11) is 0. The van der Waals surface area contributed by atoms with Crippen molar-refractivity contribution < 1.29 is 19.4 Å². The molecule has 0 spiro atoms. The average molecular weight is 283 g/mol. The van der Waals surface area contributed by atoms with Crippen LogP contribution in [0.25, 0.3) is 0 Å². The normalized spacial score (nSPS) is 10.3. The van der Waals surface area contributed by atoms with Crippen molar-refractivity contribution in [2.75, 3.05) is 17.7 Å². The second-order valence-electron chi connectivity index (χ2n) is 4.09. The zero-order valence-corrected chi connectivity index (χ0v) is 11.7. The highest BCUT2D eigenvalue weighted by atomic mass is 32.2. The number of ether oxygens (including phenoxy) is 1. The molecule has 0 saturated carbocycles. The highest BCUT2D eigenvalue weighted by Crippen LogP contribution is 2.24. The van der Waals surface area contributed by atoms with E-state index >= 15 is 0 Å². The third kappa shape index (κ3) is 6.15. The van der Waals surface area contributed by atoms with Crippen LogP contribution in [0.3, 0.4) is 0 Å². The topological polar surface area (TPSA) is 75.6 Å². The van der Waals surface area contributed by atoms with Crippen molar-refractivity contribution in [1.29, 1.82) is 0 Å². The van der Waals surface area contributed by atoms with E-state index in [0.29, 0.717) is 22.4 Å². The van der Waals surface area contributed by atoms with E-state index in [2.05, 4.69) is 5.32 Å². The number of rotatable bonds is 7. The molecule has 6 heteroatoms. The predicted octanol–water partition coefficient (Wildman–Crippen LogP) is 2.23. The van der Waals surface area contributed by atoms with Gasteiger partial charge in [-0.15, -0.1) is 11.8 Å². The molecule has 19 heavy (non-hydrogen) atoms. The summed E-state index contributed by atoms with van der Waals surface area (Å²) in [5.74, 6) is -0.486. The zero-order valence-electron chi connectivity index (χ0n) is 10.9. The van der Waals surface area contributed by atoms with Gasteiger partial charge in [-0.05, 0) is 17.4 Å². The summed E-state index contributed by atoms with van der Waals surface area (Å²) in [4.78, 5) is 22.2. The van der Waals surface area contributed by atoms with E-state index < -0.39 is 12.6 Å². The van der Waals surface area contributed by atoms with Gasteiger partial charge < -0.3 is 15.2 Å². The Morgan fingerprint density at radius 2 is 2.05 bits per heavy atom. The zero-order chi connectivity index (χ0) is 14.3. The lowest BCUT2D eigenvalue weighted by atomic mass is 10.3. The number of thioether (sulfide) groups is 1. The SMILES string of the molecule is CC(C)SCC(=O)Nc1ccccc1OCC(=O)O. The molecule has 1 amide bonds. The van der Waals surface area contributed by atoms with Crippen molar-refractivity contribution in [2.45, 2.75) is 19.1 Å². The van der Waals surface area contributed by atoms with Gasteiger partial charge in [0, 0.05) is 0 Å². The Hall–Kier alpha value is -1.69. The van der Waals surface area contributed by atoms with Crippen LogP contribution >= 0.6 is 11.8 Å². The summed E-state index contributed by atoms with van der Waals surface area (Å²) < 4.78 is 5.10. The minimum absolute atomic E-state index is 0.134. The molecular formula is C13H17NO4S. The molecule has 0 unspecified atom stereocenters. The molecule has 1 rings (SSSR count). The van der Waals surface area contributed by atoms with Gasteiger partial charge in [0.2, 0.25) is 5.91 Å². The Morgan fingerprint density at radius 1 is 1.37 bits per heavy atom. The standard InChI is InChI=1S/C13H17NO4S/c1-9(2)19-8-12(15)14-10-5-3-4-6-11(10)18-7-13(16)17/h3-6,9H,7-8H2,1-2H3,(H,14,15)(H,16,17). The van der Waals surface area contributed by atoms with Crippen molar-refractivity contribution in [3.05, 3.63) is 24.3 Å². The second kappa shape index (κ2) is 7.68. The van der Waals surface area contributed by atoms with Crippen LogP contribution in [-0.4, -0.2) is 34.6 Å². The van der Waals surface area contributed by atoms with Gasteiger partial charge in [-0.2, -0.15) is 0 Å². The number of para-hydroxylation sites is 2. The van der Waals surface area contributed by atoms with Gasteiger partial charge in [-0.25, -0.2) is 4.79 Å². The fourth-order valence-electron chi connectivity index (χ4n) is 1.26. The highest BCUT2D eigenvalue weighted by molar-refractivity contribution is 8.00. The summed E-state index contributed by atoms with van der Waals surface area (Å²) in [5, 5.41) is 11.7. The summed E-state index contributed by atoms with van der Waals surface area (Å²) in [5.41, 5.74) is 0.484. The number of carbonyl (C=O) groups excluding carboxylic acids is 1. The van der Waals surface area contributed by atoms with Gasteiger partial charge in [0.1, 0.15) is 5.75 Å². The monoisotopic (exact) mass is 283 g/mol. The molecule has 0 atom stereocenters. The van der Waals surface area contributed by atoms with Gasteiger partial charge in [-0.1, -0.05) is 26.0 Å². The molecule has 0 saturated heterocycles. The number of benzene rings is 1. The van der Waals surface area contributed by atoms with Crippen LogP contribution in [0.4, 0.5) is 5.69 Å². The Bertz CT molecular complexity index is 448. The maximum atomic E-state index is 11.7. The molecule has 0 aliphatic carbocycles. The summed E-state index contributed by atoms with van der Waals surface area (Å²) in [6.45, 7) is 3.59. The lowest BCUT2D eigenvalue weighted by molar-refractivity contribution is -0.139. The van der Waals surface area contributed by atoms with Crippen molar-refractivity contribution in [1.82, 2.24) is 0 Å². The summed E-state index contributed by atoms with van der Waals surface area (Å²) in [6, 6.07) is 6.76. The van der Waals surface area contributed by atoms with E-state index in [1.54, 1.807) is 24.3 Å². The number of carboxylic acid groups (broad SMARTS) is 1. The van der Waals surface area contributed by atoms with E-state index in [9.17, 15) is 9.59 Å². The van der Waals surface area contributed by atoms with E-state index in [0.717, 1.165) is 0 Å². The van der Waals surface area contributed by atoms with Crippen LogP contribution < -0.4 is 10.1 Å². The fraction of sp³-hybridized carbons (Fsp3) is 0.385. The number of hydrogen-bond donors (Lipinski definition) is 2. The molecule has 0 heterocycles. The minimum atomic E-state index is -1.06. The van der Waals surface area contributed by atoms with Crippen LogP contribution in [0.1, 0.15) is 13.8 Å². The molecule has 0 aliphatic rings. The van der Waals surface area contributed by atoms with Crippen molar-refractivity contribution in [3.63, 3.8) is 0 Å². The van der Waals surface area contributed by atoms with Crippen LogP contribution in [0.15, 0.2) is 24.3 Å². The first-order valence-corrected chi connectivity index (χ1v) is 6.89. The predicted molar refractivity (Wildman–Crippen MR) is 75.8 cm³/mol. The summed E-state index contributed by atoms with van der Waals surface area (Å²) in [6.07, 6.45) is 0. The first-order valence-electron chi connectivity index (χ1n) is 5.84. The first-order chi connectivity index (χ1) is 8.99. The Balaban J connectivity index is 2.61. The van der Waals surface area contributed by atoms with E-state index in [-0.39, 0.29) is 5.91 Å². The molecule has 0 aromatic heterocycles. The highest BCUT2D eigenvalue weighted by Gasteiger charge is 2.09. The maximum Gasteiger partial charge on any atom is 0.341 e. The molecule has 5 nitrogen and oxygen atoms in total. The van der Waals surface area contributed by atoms with Gasteiger partial charge in [-0.3, -0.25) is 4.79 Å². The van der Waals surface area contributed by atoms with Crippen LogP contribution in [0.2, 0.25) is 0 Å². The third-order valence-electron chi connectivity index (χ3n) is 2.06. The van der Waals surface area contributed by atoms with Gasteiger partial charge >= 0.3 is 5.97 Å². The number of carbonyl (C=O) groups is 2. The van der Waals surface area contributed by atoms with E-state index in [1.165, 1.54) is 11.8 Å². The lowest BCUT2D eigenvalue weighted by Gasteiger charge is -2.11. The Morgan fingerprint density at radius 3 is 2.68 bits per heavy atom. The third-order valence-corrected chi connectivity index (χ3v) is 3.16. The number of carboxylic acids is 1. The number of hydrogen-bond acceptors (Lipinski definition) is 4. The van der Waals surface area contributed by atoms with E-state index in [4.69, 9.17) is 9.84 Å². The van der Waals surface area contributed by atoms with Crippen LogP contribution in [0.5, 0.6) is 5.75 Å². The first kappa shape index (κ1) is 15.4. The minimum Gasteiger partial charge on any atom is -0.480 e. The molecule has 0 aliphatic heterocycles. The number of anilines is 1. The molecule has 0 radical (unpaired) electrons. The van der Waals surface area contributed by atoms with Crippen molar-refractivity contribution >= 4 is 29.3 Å². The van der Waals surface area contributed by atoms with Crippen molar-refractivity contribution in [2.24, 2.45) is 0 Å². The number of nitrogens with one attached hydrogen (secondary N) is 1. The molecule has 2 N–H and O–H groups in total. The molecule has 1 aromatic carbocycles. The van der Waals surface area contributed by atoms with E-state index in [1.807, 2.05) is 13.8 Å². The molecule has 104 valence electrons. The van der Waals surface area contributed by atoms with Crippen LogP contribution in [0, 0.1) is 0 Å². The molecule has 1 aromatic rings. The van der Waals surface area contributed by atoms with Gasteiger partial charge in [0.05, 0.1) is 11.4 Å². The Kier molecular flexibility index (Phi) is 6.21. The lowest BCUT2D eigenvalue weighted by Crippen LogP contribution is -2.17. The fourth-order valence-corrected chi connectivity index (χ4v) is 1.82. The summed E-state index contributed by atoms with van der Waals surface area (Å²) >= 11 is 1.54. The molecule has 0 fully saturated rings. The quantitative estimate of drug-likeness (QED) is 0.802. The largest absolute Gasteiger partial charge is 0.480 e. The molecule has 0 bridgehead atoms. The molecular weight excluding hydrogens is 266 g/mol. The second-order valence-corrected chi connectivity index (χ2v) is 5.65. The Labute approximate surface area is 116 Å². The van der Waals surface area contributed by atoms with Crippen molar-refractivity contribution in [3.8, 4) is 5.75 Å².